The van der Waals surface area contributed by atoms with Crippen molar-refractivity contribution in [3.8, 4) is 0 Å². The van der Waals surface area contributed by atoms with Gasteiger partial charge in [0, 0.05) is 18.4 Å². The molecule has 2 aromatic rings. The van der Waals surface area contributed by atoms with Crippen LogP contribution in [0.2, 0.25) is 0 Å². The van der Waals surface area contributed by atoms with E-state index in [2.05, 4.69) is 13.0 Å². The second kappa shape index (κ2) is 7.74. The molecule has 0 atom stereocenters. The number of carbonyl (C=O) groups excluding carboxylic acids is 1. The largest absolute Gasteiger partial charge is 0.481 e. The monoisotopic (exact) mass is 298 g/mol. The van der Waals surface area contributed by atoms with Gasteiger partial charge >= 0.3 is 5.97 Å². The van der Waals surface area contributed by atoms with E-state index >= 15 is 0 Å². The number of Topliss-reactive ketones (excluding diaryl/α,β-unsaturated/α-hetero) is 1. The van der Waals surface area contributed by atoms with Gasteiger partial charge in [0.25, 0.3) is 0 Å². The summed E-state index contributed by atoms with van der Waals surface area (Å²) in [6.45, 7) is 2.13. The molecule has 0 bridgehead atoms. The highest BCUT2D eigenvalue weighted by Crippen LogP contribution is 2.25. The van der Waals surface area contributed by atoms with Crippen molar-refractivity contribution >= 4 is 22.5 Å². The van der Waals surface area contributed by atoms with Crippen LogP contribution in [0.1, 0.15) is 54.9 Å². The summed E-state index contributed by atoms with van der Waals surface area (Å²) in [6.07, 6.45) is 3.71. The Kier molecular flexibility index (Phi) is 5.70. The third-order valence-electron chi connectivity index (χ3n) is 3.86. The molecule has 0 heterocycles. The number of aryl methyl sites for hydroxylation is 1. The van der Waals surface area contributed by atoms with Crippen molar-refractivity contribution in [1.82, 2.24) is 0 Å². The van der Waals surface area contributed by atoms with Crippen molar-refractivity contribution in [2.75, 3.05) is 0 Å². The van der Waals surface area contributed by atoms with E-state index < -0.39 is 5.97 Å². The smallest absolute Gasteiger partial charge is 0.303 e. The first-order valence-electron chi connectivity index (χ1n) is 7.89. The van der Waals surface area contributed by atoms with E-state index in [-0.39, 0.29) is 12.2 Å². The summed E-state index contributed by atoms with van der Waals surface area (Å²) < 4.78 is 0. The predicted molar refractivity (Wildman–Crippen MR) is 88.4 cm³/mol. The Morgan fingerprint density at radius 2 is 1.68 bits per heavy atom. The summed E-state index contributed by atoms with van der Waals surface area (Å²) in [5.41, 5.74) is 1.99. The zero-order chi connectivity index (χ0) is 15.9. The maximum absolute atomic E-state index is 12.5. The Hall–Kier alpha value is -2.16. The van der Waals surface area contributed by atoms with Gasteiger partial charge in [0.15, 0.2) is 5.78 Å². The van der Waals surface area contributed by atoms with Gasteiger partial charge in [0.05, 0.1) is 0 Å². The molecule has 22 heavy (non-hydrogen) atoms. The van der Waals surface area contributed by atoms with Gasteiger partial charge < -0.3 is 5.11 Å². The fraction of sp³-hybridized carbons (Fsp3) is 0.368. The van der Waals surface area contributed by atoms with Gasteiger partial charge in [0.1, 0.15) is 0 Å². The number of carboxylic acids is 1. The molecule has 116 valence electrons. The SMILES string of the molecule is CCCc1cccc2cccc(C(=O)CCCCC(=O)O)c12. The molecule has 0 aliphatic rings. The standard InChI is InChI=1S/C19H22O3/c1-2-7-14-8-5-9-15-10-6-11-16(19(14)15)17(20)12-3-4-13-18(21)22/h5-6,8-11H,2-4,7,12-13H2,1H3,(H,21,22). The van der Waals surface area contributed by atoms with Crippen molar-refractivity contribution in [3.63, 3.8) is 0 Å². The van der Waals surface area contributed by atoms with Crippen molar-refractivity contribution < 1.29 is 14.7 Å². The minimum atomic E-state index is -0.803. The van der Waals surface area contributed by atoms with E-state index in [0.717, 1.165) is 29.2 Å². The molecule has 0 amide bonds. The molecule has 0 aliphatic carbocycles. The van der Waals surface area contributed by atoms with Crippen LogP contribution in [-0.2, 0) is 11.2 Å². The minimum absolute atomic E-state index is 0.111. The summed E-state index contributed by atoms with van der Waals surface area (Å²) >= 11 is 0. The van der Waals surface area contributed by atoms with E-state index in [0.29, 0.717) is 19.3 Å². The molecule has 2 rings (SSSR count). The highest BCUT2D eigenvalue weighted by Gasteiger charge is 2.12. The summed E-state index contributed by atoms with van der Waals surface area (Å²) in [6, 6.07) is 12.0. The Balaban J connectivity index is 2.22. The molecular weight excluding hydrogens is 276 g/mol. The fourth-order valence-corrected chi connectivity index (χ4v) is 2.83. The molecule has 0 aromatic heterocycles. The van der Waals surface area contributed by atoms with Crippen LogP contribution in [0.5, 0.6) is 0 Å². The number of ketones is 1. The van der Waals surface area contributed by atoms with Crippen LogP contribution >= 0.6 is 0 Å². The molecular formula is C19H22O3. The molecule has 0 radical (unpaired) electrons. The Bertz CT molecular complexity index is 668. The van der Waals surface area contributed by atoms with Gasteiger partial charge in [-0.3, -0.25) is 9.59 Å². The lowest BCUT2D eigenvalue weighted by atomic mass is 9.93. The number of hydrogen-bond donors (Lipinski definition) is 1. The van der Waals surface area contributed by atoms with Crippen molar-refractivity contribution in [1.29, 1.82) is 0 Å². The van der Waals surface area contributed by atoms with E-state index in [1.54, 1.807) is 0 Å². The van der Waals surface area contributed by atoms with Crippen LogP contribution in [0, 0.1) is 0 Å². The van der Waals surface area contributed by atoms with Crippen LogP contribution in [0.25, 0.3) is 10.8 Å². The van der Waals surface area contributed by atoms with Crippen molar-refractivity contribution in [3.05, 3.63) is 47.5 Å². The van der Waals surface area contributed by atoms with E-state index in [9.17, 15) is 9.59 Å². The Morgan fingerprint density at radius 1 is 1.00 bits per heavy atom. The summed E-state index contributed by atoms with van der Waals surface area (Å²) in [5.74, 6) is -0.692. The molecule has 3 nitrogen and oxygen atoms in total. The Morgan fingerprint density at radius 3 is 2.36 bits per heavy atom. The maximum Gasteiger partial charge on any atom is 0.303 e. The quantitative estimate of drug-likeness (QED) is 0.571. The zero-order valence-corrected chi connectivity index (χ0v) is 13.0. The first-order valence-corrected chi connectivity index (χ1v) is 7.89. The lowest BCUT2D eigenvalue weighted by molar-refractivity contribution is -0.137. The van der Waals surface area contributed by atoms with Crippen LogP contribution in [0.15, 0.2) is 36.4 Å². The molecule has 0 fully saturated rings. The third-order valence-corrected chi connectivity index (χ3v) is 3.86. The van der Waals surface area contributed by atoms with Crippen LogP contribution in [0.3, 0.4) is 0 Å². The van der Waals surface area contributed by atoms with Crippen molar-refractivity contribution in [2.45, 2.75) is 45.4 Å². The molecule has 2 aromatic carbocycles. The van der Waals surface area contributed by atoms with Gasteiger partial charge in [-0.1, -0.05) is 49.7 Å². The third kappa shape index (κ3) is 3.94. The lowest BCUT2D eigenvalue weighted by Crippen LogP contribution is -2.03. The number of rotatable bonds is 8. The number of unbranched alkanes of at least 4 members (excludes halogenated alkanes) is 1. The molecule has 0 spiro atoms. The summed E-state index contributed by atoms with van der Waals surface area (Å²) in [7, 11) is 0. The van der Waals surface area contributed by atoms with Crippen LogP contribution in [-0.4, -0.2) is 16.9 Å². The Labute approximate surface area is 131 Å². The second-order valence-corrected chi connectivity index (χ2v) is 5.59. The molecule has 0 aliphatic heterocycles. The lowest BCUT2D eigenvalue weighted by Gasteiger charge is -2.10. The fourth-order valence-electron chi connectivity index (χ4n) is 2.83. The van der Waals surface area contributed by atoms with Crippen LogP contribution < -0.4 is 0 Å². The van der Waals surface area contributed by atoms with Gasteiger partial charge in [0.2, 0.25) is 0 Å². The number of fused-ring (bicyclic) bond motifs is 1. The highest BCUT2D eigenvalue weighted by molar-refractivity contribution is 6.09. The molecule has 0 saturated carbocycles. The molecule has 0 saturated heterocycles. The summed E-state index contributed by atoms with van der Waals surface area (Å²) in [5, 5.41) is 10.8. The average Bonchev–Trinajstić information content (AvgIpc) is 2.51. The van der Waals surface area contributed by atoms with E-state index in [4.69, 9.17) is 5.11 Å². The first-order chi connectivity index (χ1) is 10.6. The minimum Gasteiger partial charge on any atom is -0.481 e. The number of carbonyl (C=O) groups is 2. The average molecular weight is 298 g/mol. The van der Waals surface area contributed by atoms with E-state index in [1.165, 1.54) is 5.56 Å². The maximum atomic E-state index is 12.5. The molecule has 1 N–H and O–H groups in total. The number of aliphatic carboxylic acids is 1. The number of carboxylic acid groups (broad SMARTS) is 1. The van der Waals surface area contributed by atoms with E-state index in [1.807, 2.05) is 30.3 Å². The highest BCUT2D eigenvalue weighted by atomic mass is 16.4. The summed E-state index contributed by atoms with van der Waals surface area (Å²) in [4.78, 5) is 23.0. The van der Waals surface area contributed by atoms with Gasteiger partial charge in [-0.05, 0) is 35.6 Å². The van der Waals surface area contributed by atoms with Gasteiger partial charge in [-0.15, -0.1) is 0 Å². The van der Waals surface area contributed by atoms with Gasteiger partial charge in [-0.2, -0.15) is 0 Å². The number of benzene rings is 2. The van der Waals surface area contributed by atoms with Crippen molar-refractivity contribution in [2.24, 2.45) is 0 Å². The second-order valence-electron chi connectivity index (χ2n) is 5.59. The van der Waals surface area contributed by atoms with Gasteiger partial charge in [-0.25, -0.2) is 0 Å². The van der Waals surface area contributed by atoms with Crippen LogP contribution in [0.4, 0.5) is 0 Å². The molecule has 3 heteroatoms. The topological polar surface area (TPSA) is 54.4 Å². The normalized spacial score (nSPS) is 10.8. The zero-order valence-electron chi connectivity index (χ0n) is 13.0. The predicted octanol–water partition coefficient (Wildman–Crippen LogP) is 4.62. The number of hydrogen-bond acceptors (Lipinski definition) is 2. The first kappa shape index (κ1) is 16.2. The molecule has 0 unspecified atom stereocenters.